The Bertz CT molecular complexity index is 506. The van der Waals surface area contributed by atoms with Crippen LogP contribution in [-0.4, -0.2) is 10.2 Å². The molecule has 1 aromatic heterocycles. The van der Waals surface area contributed by atoms with Gasteiger partial charge in [-0.3, -0.25) is 5.10 Å². The molecule has 15 heavy (non-hydrogen) atoms. The van der Waals surface area contributed by atoms with E-state index in [9.17, 15) is 0 Å². The van der Waals surface area contributed by atoms with Gasteiger partial charge in [-0.05, 0) is 29.9 Å². The monoisotopic (exact) mass is 301 g/mol. The molecular formula is C9H8BrN3S2. The van der Waals surface area contributed by atoms with Crippen molar-refractivity contribution < 1.29 is 0 Å². The molecular weight excluding hydrogens is 294 g/mol. The van der Waals surface area contributed by atoms with Crippen LogP contribution in [0.2, 0.25) is 0 Å². The summed E-state index contributed by atoms with van der Waals surface area (Å²) < 4.78 is 1.77. The highest BCUT2D eigenvalue weighted by Crippen LogP contribution is 2.15. The lowest BCUT2D eigenvalue weighted by molar-refractivity contribution is 1.04. The van der Waals surface area contributed by atoms with Gasteiger partial charge >= 0.3 is 0 Å². The van der Waals surface area contributed by atoms with Gasteiger partial charge in [-0.15, -0.1) is 5.10 Å². The Morgan fingerprint density at radius 3 is 3.07 bits per heavy atom. The average Bonchev–Trinajstić information content (AvgIpc) is 2.62. The van der Waals surface area contributed by atoms with E-state index in [1.54, 1.807) is 0 Å². The second-order valence-electron chi connectivity index (χ2n) is 2.90. The van der Waals surface area contributed by atoms with Crippen LogP contribution in [0.4, 0.5) is 5.13 Å². The first kappa shape index (κ1) is 10.8. The Labute approximate surface area is 105 Å². The molecule has 2 aromatic rings. The summed E-state index contributed by atoms with van der Waals surface area (Å²) in [4.78, 5) is 0. The van der Waals surface area contributed by atoms with Crippen molar-refractivity contribution in [2.45, 2.75) is 6.54 Å². The highest BCUT2D eigenvalue weighted by molar-refractivity contribution is 9.10. The lowest BCUT2D eigenvalue weighted by Gasteiger charge is -2.02. The molecule has 2 N–H and O–H groups in total. The fourth-order valence-electron chi connectivity index (χ4n) is 1.13. The molecule has 1 heterocycles. The molecule has 78 valence electrons. The molecule has 6 heteroatoms. The van der Waals surface area contributed by atoms with Crippen LogP contribution in [0.5, 0.6) is 0 Å². The van der Waals surface area contributed by atoms with Crippen molar-refractivity contribution in [3.63, 3.8) is 0 Å². The summed E-state index contributed by atoms with van der Waals surface area (Å²) in [6, 6.07) is 8.14. The van der Waals surface area contributed by atoms with Gasteiger partial charge in [-0.25, -0.2) is 0 Å². The third-order valence-electron chi connectivity index (χ3n) is 1.77. The lowest BCUT2D eigenvalue weighted by Crippen LogP contribution is -1.98. The fourth-order valence-corrected chi connectivity index (χ4v) is 2.36. The molecule has 3 nitrogen and oxygen atoms in total. The Balaban J connectivity index is 2.02. The molecule has 0 aliphatic rings. The number of anilines is 1. The van der Waals surface area contributed by atoms with Crippen LogP contribution in [0, 0.1) is 3.95 Å². The first-order valence-corrected chi connectivity index (χ1v) is 6.29. The van der Waals surface area contributed by atoms with Gasteiger partial charge in [0.2, 0.25) is 5.13 Å². The van der Waals surface area contributed by atoms with Crippen molar-refractivity contribution in [2.24, 2.45) is 0 Å². The summed E-state index contributed by atoms with van der Waals surface area (Å²) >= 11 is 9.80. The molecule has 0 radical (unpaired) electrons. The molecule has 1 aromatic carbocycles. The number of nitrogens with one attached hydrogen (secondary N) is 2. The molecule has 0 aliphatic carbocycles. The lowest BCUT2D eigenvalue weighted by atomic mass is 10.2. The van der Waals surface area contributed by atoms with E-state index in [4.69, 9.17) is 12.2 Å². The molecule has 2 rings (SSSR count). The predicted molar refractivity (Wildman–Crippen MR) is 68.8 cm³/mol. The Hall–Kier alpha value is -0.720. The van der Waals surface area contributed by atoms with Crippen LogP contribution < -0.4 is 5.32 Å². The van der Waals surface area contributed by atoms with Crippen LogP contribution in [-0.2, 0) is 6.54 Å². The summed E-state index contributed by atoms with van der Waals surface area (Å²) in [5, 5.41) is 10.8. The molecule has 0 fully saturated rings. The third-order valence-corrected chi connectivity index (χ3v) is 3.31. The van der Waals surface area contributed by atoms with E-state index in [1.165, 1.54) is 16.9 Å². The van der Waals surface area contributed by atoms with Gasteiger partial charge in [0.25, 0.3) is 0 Å². The minimum absolute atomic E-state index is 0.687. The van der Waals surface area contributed by atoms with Gasteiger partial charge in [0.1, 0.15) is 0 Å². The standard InChI is InChI=1S/C9H8BrN3S2/c10-7-3-1-2-6(4-7)5-11-8-12-13-9(14)15-8/h1-4H,5H2,(H,11,12)(H,13,14). The summed E-state index contributed by atoms with van der Waals surface area (Å²) in [6.45, 7) is 0.746. The number of rotatable bonds is 3. The van der Waals surface area contributed by atoms with Crippen molar-refractivity contribution in [3.8, 4) is 0 Å². The van der Waals surface area contributed by atoms with Crippen molar-refractivity contribution in [2.75, 3.05) is 5.32 Å². The number of hydrogen-bond donors (Lipinski definition) is 2. The Kier molecular flexibility index (Phi) is 3.50. The fraction of sp³-hybridized carbons (Fsp3) is 0.111. The van der Waals surface area contributed by atoms with Crippen molar-refractivity contribution in [1.29, 1.82) is 0 Å². The van der Waals surface area contributed by atoms with E-state index in [0.717, 1.165) is 16.1 Å². The third kappa shape index (κ3) is 3.12. The van der Waals surface area contributed by atoms with Crippen LogP contribution in [0.3, 0.4) is 0 Å². The van der Waals surface area contributed by atoms with E-state index in [1.807, 2.05) is 12.1 Å². The number of halogens is 1. The van der Waals surface area contributed by atoms with Crippen molar-refractivity contribution in [3.05, 3.63) is 38.3 Å². The minimum Gasteiger partial charge on any atom is -0.356 e. The predicted octanol–water partition coefficient (Wildman–Crippen LogP) is 3.58. The smallest absolute Gasteiger partial charge is 0.204 e. The van der Waals surface area contributed by atoms with Gasteiger partial charge in [-0.2, -0.15) is 0 Å². The maximum Gasteiger partial charge on any atom is 0.204 e. The normalized spacial score (nSPS) is 10.2. The van der Waals surface area contributed by atoms with Crippen LogP contribution in [0.1, 0.15) is 5.56 Å². The number of H-pyrrole nitrogens is 1. The highest BCUT2D eigenvalue weighted by Gasteiger charge is 1.97. The maximum atomic E-state index is 4.94. The van der Waals surface area contributed by atoms with Crippen LogP contribution in [0.25, 0.3) is 0 Å². The van der Waals surface area contributed by atoms with E-state index >= 15 is 0 Å². The van der Waals surface area contributed by atoms with Gasteiger partial charge in [0.15, 0.2) is 3.95 Å². The number of benzene rings is 1. The molecule has 0 atom stereocenters. The highest BCUT2D eigenvalue weighted by atomic mass is 79.9. The molecule has 0 bridgehead atoms. The summed E-state index contributed by atoms with van der Waals surface area (Å²) in [6.07, 6.45) is 0. The zero-order valence-electron chi connectivity index (χ0n) is 7.66. The average molecular weight is 302 g/mol. The minimum atomic E-state index is 0.687. The topological polar surface area (TPSA) is 40.7 Å². The zero-order valence-corrected chi connectivity index (χ0v) is 10.9. The van der Waals surface area contributed by atoms with Gasteiger partial charge in [0.05, 0.1) is 0 Å². The summed E-state index contributed by atoms with van der Waals surface area (Å²) in [7, 11) is 0. The number of aromatic nitrogens is 2. The maximum absolute atomic E-state index is 4.94. The second-order valence-corrected chi connectivity index (χ2v) is 5.48. The molecule has 0 aliphatic heterocycles. The van der Waals surface area contributed by atoms with Crippen molar-refractivity contribution in [1.82, 2.24) is 10.2 Å². The van der Waals surface area contributed by atoms with E-state index in [-0.39, 0.29) is 0 Å². The molecule has 0 saturated heterocycles. The van der Waals surface area contributed by atoms with E-state index in [0.29, 0.717) is 3.95 Å². The number of nitrogens with zero attached hydrogens (tertiary/aromatic N) is 1. The molecule has 0 saturated carbocycles. The summed E-state index contributed by atoms with van der Waals surface area (Å²) in [5.41, 5.74) is 1.20. The van der Waals surface area contributed by atoms with E-state index in [2.05, 4.69) is 43.6 Å². The number of aromatic amines is 1. The molecule has 0 spiro atoms. The van der Waals surface area contributed by atoms with Gasteiger partial charge in [-0.1, -0.05) is 39.4 Å². The van der Waals surface area contributed by atoms with Gasteiger partial charge in [0, 0.05) is 11.0 Å². The SMILES string of the molecule is S=c1[nH]nc(NCc2cccc(Br)c2)s1. The first-order chi connectivity index (χ1) is 7.24. The van der Waals surface area contributed by atoms with Crippen LogP contribution in [0.15, 0.2) is 28.7 Å². The van der Waals surface area contributed by atoms with Crippen molar-refractivity contribution >= 4 is 44.6 Å². The summed E-state index contributed by atoms with van der Waals surface area (Å²) in [5.74, 6) is 0. The first-order valence-electron chi connectivity index (χ1n) is 4.28. The molecule has 0 amide bonds. The quantitative estimate of drug-likeness (QED) is 0.852. The van der Waals surface area contributed by atoms with E-state index < -0.39 is 0 Å². The second kappa shape index (κ2) is 4.87. The largest absolute Gasteiger partial charge is 0.356 e. The van der Waals surface area contributed by atoms with Crippen LogP contribution >= 0.6 is 39.5 Å². The molecule has 0 unspecified atom stereocenters. The Morgan fingerprint density at radius 1 is 1.53 bits per heavy atom. The van der Waals surface area contributed by atoms with Gasteiger partial charge < -0.3 is 5.32 Å². The number of hydrogen-bond acceptors (Lipinski definition) is 4. The zero-order chi connectivity index (χ0) is 10.7. The Morgan fingerprint density at radius 2 is 2.40 bits per heavy atom.